The van der Waals surface area contributed by atoms with Crippen molar-refractivity contribution in [1.82, 2.24) is 0 Å². The molecular weight excluding hydrogens is 801 g/mol. The highest BCUT2D eigenvalue weighted by atomic mass is 16.5. The summed E-state index contributed by atoms with van der Waals surface area (Å²) in [6.07, 6.45) is 51.5. The van der Waals surface area contributed by atoms with Crippen molar-refractivity contribution in [1.29, 1.82) is 0 Å². The van der Waals surface area contributed by atoms with Gasteiger partial charge in [0.15, 0.2) is 0 Å². The first-order valence-electron chi connectivity index (χ1n) is 29.6. The number of carbonyl (C=O) groups is 3. The lowest BCUT2D eigenvalue weighted by Gasteiger charge is -2.27. The molecule has 0 aromatic rings. The van der Waals surface area contributed by atoms with Crippen LogP contribution in [0.2, 0.25) is 0 Å². The van der Waals surface area contributed by atoms with Gasteiger partial charge in [-0.15, -0.1) is 0 Å². The number of rotatable bonds is 52. The SMILES string of the molecule is CCCCCCCC(=O)C(CCCC(C)C)C(CCCCCCCCC(=O)OC(CCCCCC)CCCCCC)CCCCCCCCC(=O)OC(CCCCCC)CCCCCC. The molecule has 0 aliphatic carbocycles. The largest absolute Gasteiger partial charge is 0.462 e. The van der Waals surface area contributed by atoms with Gasteiger partial charge in [-0.25, -0.2) is 0 Å². The fourth-order valence-electron chi connectivity index (χ4n) is 10.0. The number of Topliss-reactive ketones (excluding diaryl/α,β-unsaturated/α-hetero) is 1. The number of esters is 2. The molecular formula is C60H116O5. The van der Waals surface area contributed by atoms with Gasteiger partial charge in [-0.1, -0.05) is 228 Å². The average Bonchev–Trinajstić information content (AvgIpc) is 3.28. The molecule has 0 spiro atoms. The summed E-state index contributed by atoms with van der Waals surface area (Å²) in [6.45, 7) is 15.9. The average molecular weight is 918 g/mol. The van der Waals surface area contributed by atoms with Gasteiger partial charge in [-0.05, 0) is 102 Å². The third-order valence-corrected chi connectivity index (χ3v) is 14.3. The van der Waals surface area contributed by atoms with Crippen LogP contribution in [0, 0.1) is 17.8 Å². The van der Waals surface area contributed by atoms with E-state index in [2.05, 4.69) is 48.5 Å². The molecule has 0 aliphatic heterocycles. The molecule has 0 aromatic heterocycles. The molecule has 0 aliphatic rings. The summed E-state index contributed by atoms with van der Waals surface area (Å²) in [5.41, 5.74) is 0. The van der Waals surface area contributed by atoms with Crippen LogP contribution >= 0.6 is 0 Å². The second-order valence-electron chi connectivity index (χ2n) is 21.3. The minimum Gasteiger partial charge on any atom is -0.462 e. The normalized spacial score (nSPS) is 12.3. The highest BCUT2D eigenvalue weighted by Gasteiger charge is 2.27. The van der Waals surface area contributed by atoms with Crippen LogP contribution in [0.4, 0.5) is 0 Å². The molecule has 0 amide bonds. The van der Waals surface area contributed by atoms with Crippen LogP contribution in [-0.4, -0.2) is 29.9 Å². The van der Waals surface area contributed by atoms with Crippen molar-refractivity contribution in [2.75, 3.05) is 0 Å². The molecule has 0 rings (SSSR count). The summed E-state index contributed by atoms with van der Waals surface area (Å²) in [7, 11) is 0. The standard InChI is InChI=1S/C60H116O5/c1-8-13-18-27-38-50-58(61)57(49-41-42-53(6)7)54(43-32-28-23-25-30-39-51-59(62)64-55(45-34-19-14-9-2)46-35-20-15-10-3)44-33-29-24-26-31-40-52-60(63)65-56(47-36-21-16-11-4)48-37-22-17-12-5/h53-57H,8-52H2,1-7H3. The maximum absolute atomic E-state index is 14.0. The van der Waals surface area contributed by atoms with Gasteiger partial charge in [-0.2, -0.15) is 0 Å². The number of ether oxygens (including phenoxy) is 2. The fraction of sp³-hybridized carbons (Fsp3) is 0.950. The third-order valence-electron chi connectivity index (χ3n) is 14.3. The Balaban J connectivity index is 5.04. The molecule has 0 N–H and O–H groups in total. The predicted octanol–water partition coefficient (Wildman–Crippen LogP) is 19.9. The van der Waals surface area contributed by atoms with E-state index < -0.39 is 0 Å². The van der Waals surface area contributed by atoms with E-state index in [4.69, 9.17) is 9.47 Å². The summed E-state index contributed by atoms with van der Waals surface area (Å²) in [4.78, 5) is 39.6. The second-order valence-corrected chi connectivity index (χ2v) is 21.3. The summed E-state index contributed by atoms with van der Waals surface area (Å²) in [5.74, 6) is 2.01. The number of unbranched alkanes of at least 4 members (excludes halogenated alkanes) is 26. The van der Waals surface area contributed by atoms with E-state index in [0.29, 0.717) is 30.5 Å². The molecule has 5 heteroatoms. The van der Waals surface area contributed by atoms with Crippen molar-refractivity contribution >= 4 is 17.7 Å². The number of hydrogen-bond acceptors (Lipinski definition) is 5. The quantitative estimate of drug-likeness (QED) is 0.0449. The zero-order valence-electron chi connectivity index (χ0n) is 45.2. The number of ketones is 1. The Labute approximate surface area is 407 Å². The first-order chi connectivity index (χ1) is 31.7. The molecule has 65 heavy (non-hydrogen) atoms. The van der Waals surface area contributed by atoms with Gasteiger partial charge < -0.3 is 9.47 Å². The maximum Gasteiger partial charge on any atom is 0.306 e. The molecule has 0 fully saturated rings. The van der Waals surface area contributed by atoms with E-state index >= 15 is 0 Å². The first-order valence-corrected chi connectivity index (χ1v) is 29.6. The van der Waals surface area contributed by atoms with Crippen LogP contribution < -0.4 is 0 Å². The number of hydrogen-bond donors (Lipinski definition) is 0. The van der Waals surface area contributed by atoms with Gasteiger partial charge in [-0.3, -0.25) is 14.4 Å². The van der Waals surface area contributed by atoms with Crippen molar-refractivity contribution in [3.63, 3.8) is 0 Å². The van der Waals surface area contributed by atoms with E-state index in [1.54, 1.807) is 0 Å². The fourth-order valence-corrected chi connectivity index (χ4v) is 10.0. The van der Waals surface area contributed by atoms with Crippen LogP contribution in [0.5, 0.6) is 0 Å². The lowest BCUT2D eigenvalue weighted by atomic mass is 9.77. The molecule has 386 valence electrons. The van der Waals surface area contributed by atoms with E-state index in [9.17, 15) is 14.4 Å². The van der Waals surface area contributed by atoms with Crippen LogP contribution in [0.15, 0.2) is 0 Å². The predicted molar refractivity (Wildman–Crippen MR) is 283 cm³/mol. The molecule has 1 unspecified atom stereocenters. The van der Waals surface area contributed by atoms with Gasteiger partial charge in [0, 0.05) is 25.2 Å². The Morgan fingerprint density at radius 2 is 0.600 bits per heavy atom. The molecule has 0 heterocycles. The Morgan fingerprint density at radius 3 is 0.954 bits per heavy atom. The minimum atomic E-state index is 0.0207. The second kappa shape index (κ2) is 49.0. The van der Waals surface area contributed by atoms with Crippen molar-refractivity contribution in [3.8, 4) is 0 Å². The Kier molecular flexibility index (Phi) is 48.0. The third kappa shape index (κ3) is 42.4. The van der Waals surface area contributed by atoms with Crippen molar-refractivity contribution in [2.45, 2.75) is 350 Å². The molecule has 1 atom stereocenters. The Hall–Kier alpha value is -1.39. The van der Waals surface area contributed by atoms with Crippen molar-refractivity contribution in [3.05, 3.63) is 0 Å². The van der Waals surface area contributed by atoms with Gasteiger partial charge in [0.1, 0.15) is 18.0 Å². The van der Waals surface area contributed by atoms with E-state index in [1.807, 2.05) is 0 Å². The molecule has 0 bridgehead atoms. The zero-order valence-corrected chi connectivity index (χ0v) is 45.2. The molecule has 0 radical (unpaired) electrons. The van der Waals surface area contributed by atoms with Gasteiger partial charge in [0.05, 0.1) is 0 Å². The maximum atomic E-state index is 14.0. The lowest BCUT2D eigenvalue weighted by molar-refractivity contribution is -0.151. The van der Waals surface area contributed by atoms with E-state index in [0.717, 1.165) is 70.6 Å². The minimum absolute atomic E-state index is 0.0207. The van der Waals surface area contributed by atoms with Gasteiger partial charge in [0.2, 0.25) is 0 Å². The van der Waals surface area contributed by atoms with Crippen molar-refractivity contribution in [2.24, 2.45) is 17.8 Å². The highest BCUT2D eigenvalue weighted by molar-refractivity contribution is 5.81. The highest BCUT2D eigenvalue weighted by Crippen LogP contribution is 2.32. The number of carbonyl (C=O) groups excluding carboxylic acids is 3. The monoisotopic (exact) mass is 917 g/mol. The first kappa shape index (κ1) is 63.6. The Bertz CT molecular complexity index is 941. The van der Waals surface area contributed by atoms with E-state index in [1.165, 1.54) is 205 Å². The van der Waals surface area contributed by atoms with Gasteiger partial charge >= 0.3 is 11.9 Å². The topological polar surface area (TPSA) is 69.7 Å². The van der Waals surface area contributed by atoms with Crippen LogP contribution in [0.1, 0.15) is 337 Å². The van der Waals surface area contributed by atoms with Crippen molar-refractivity contribution < 1.29 is 23.9 Å². The van der Waals surface area contributed by atoms with Crippen LogP contribution in [0.3, 0.4) is 0 Å². The Morgan fingerprint density at radius 1 is 0.308 bits per heavy atom. The van der Waals surface area contributed by atoms with Gasteiger partial charge in [0.25, 0.3) is 0 Å². The molecule has 0 saturated heterocycles. The lowest BCUT2D eigenvalue weighted by Crippen LogP contribution is -2.24. The molecule has 5 nitrogen and oxygen atoms in total. The smallest absolute Gasteiger partial charge is 0.306 e. The summed E-state index contributed by atoms with van der Waals surface area (Å²) in [5, 5.41) is 0. The van der Waals surface area contributed by atoms with Crippen LogP contribution in [-0.2, 0) is 23.9 Å². The summed E-state index contributed by atoms with van der Waals surface area (Å²) < 4.78 is 12.1. The molecule has 0 saturated carbocycles. The van der Waals surface area contributed by atoms with Crippen LogP contribution in [0.25, 0.3) is 0 Å². The summed E-state index contributed by atoms with van der Waals surface area (Å²) in [6, 6.07) is 0. The van der Waals surface area contributed by atoms with E-state index in [-0.39, 0.29) is 30.1 Å². The molecule has 0 aromatic carbocycles. The zero-order chi connectivity index (χ0) is 47.9. The summed E-state index contributed by atoms with van der Waals surface area (Å²) >= 11 is 0.